The molecule has 0 atom stereocenters. The van der Waals surface area contributed by atoms with Crippen LogP contribution in [0, 0.1) is 6.92 Å². The predicted molar refractivity (Wildman–Crippen MR) is 95.0 cm³/mol. The summed E-state index contributed by atoms with van der Waals surface area (Å²) in [5.41, 5.74) is 0.384. The zero-order chi connectivity index (χ0) is 18.1. The van der Waals surface area contributed by atoms with Crippen LogP contribution in [0.15, 0.2) is 16.3 Å². The lowest BCUT2D eigenvalue weighted by Gasteiger charge is -2.08. The number of halogens is 2. The normalized spacial score (nSPS) is 12.7. The van der Waals surface area contributed by atoms with Crippen molar-refractivity contribution in [3.63, 3.8) is 0 Å². The van der Waals surface area contributed by atoms with Crippen LogP contribution in [-0.4, -0.2) is 37.0 Å². The fourth-order valence-corrected chi connectivity index (χ4v) is 6.32. The Kier molecular flexibility index (Phi) is 6.21. The topological polar surface area (TPSA) is 113 Å². The molecule has 1 aromatic heterocycles. The lowest BCUT2D eigenvalue weighted by molar-refractivity contribution is 0.343. The number of alkyl halides is 1. The summed E-state index contributed by atoms with van der Waals surface area (Å²) in [6.45, 7) is 1.83. The standard InChI is InChI=1S/C12H14Cl2NO6PS2/c1-7-10-9(3-2-8(11(10)14)21-5-4-13)23-12(7)24(19,20)15-6-22(16,17)18/h2-3,15H,4-6H2,1H3,(H2,16,17,18). The van der Waals surface area contributed by atoms with Crippen LogP contribution >= 0.6 is 42.1 Å². The van der Waals surface area contributed by atoms with Gasteiger partial charge in [0.25, 0.3) is 10.0 Å². The molecule has 0 aliphatic rings. The molecule has 2 rings (SSSR count). The Morgan fingerprint density at radius 1 is 1.38 bits per heavy atom. The Morgan fingerprint density at radius 3 is 2.62 bits per heavy atom. The van der Waals surface area contributed by atoms with E-state index >= 15 is 0 Å². The molecule has 0 amide bonds. The Morgan fingerprint density at radius 2 is 2.04 bits per heavy atom. The van der Waals surface area contributed by atoms with Crippen molar-refractivity contribution in [3.05, 3.63) is 22.7 Å². The highest BCUT2D eigenvalue weighted by Crippen LogP contribution is 2.42. The molecule has 1 aromatic carbocycles. The van der Waals surface area contributed by atoms with Gasteiger partial charge in [-0.25, -0.2) is 8.42 Å². The first-order chi connectivity index (χ1) is 11.1. The minimum atomic E-state index is -4.51. The molecule has 2 aromatic rings. The Hall–Kier alpha value is -0.380. The molecule has 0 radical (unpaired) electrons. The average Bonchev–Trinajstić information content (AvgIpc) is 2.83. The summed E-state index contributed by atoms with van der Waals surface area (Å²) >= 11 is 12.8. The lowest BCUT2D eigenvalue weighted by Crippen LogP contribution is -2.24. The molecule has 0 aliphatic heterocycles. The van der Waals surface area contributed by atoms with E-state index in [0.717, 1.165) is 11.3 Å². The molecule has 0 fully saturated rings. The molecule has 24 heavy (non-hydrogen) atoms. The Labute approximate surface area is 152 Å². The van der Waals surface area contributed by atoms with E-state index in [4.69, 9.17) is 37.7 Å². The molecular weight excluding hydrogens is 420 g/mol. The number of fused-ring (bicyclic) bond motifs is 1. The minimum Gasteiger partial charge on any atom is -0.491 e. The fraction of sp³-hybridized carbons (Fsp3) is 0.333. The fourth-order valence-electron chi connectivity index (χ4n) is 2.00. The van der Waals surface area contributed by atoms with Crippen LogP contribution in [-0.2, 0) is 14.6 Å². The number of nitrogens with one attached hydrogen (secondary N) is 1. The second-order valence-electron chi connectivity index (χ2n) is 4.77. The maximum absolute atomic E-state index is 12.3. The molecule has 0 unspecified atom stereocenters. The van der Waals surface area contributed by atoms with Gasteiger partial charge in [-0.3, -0.25) is 4.57 Å². The van der Waals surface area contributed by atoms with Crippen molar-refractivity contribution < 1.29 is 27.5 Å². The van der Waals surface area contributed by atoms with Gasteiger partial charge in [-0.1, -0.05) is 11.6 Å². The van der Waals surface area contributed by atoms with E-state index < -0.39 is 23.9 Å². The van der Waals surface area contributed by atoms with E-state index in [1.165, 1.54) is 0 Å². The molecule has 0 spiro atoms. The van der Waals surface area contributed by atoms with Crippen molar-refractivity contribution >= 4 is 62.2 Å². The smallest absolute Gasteiger partial charge is 0.340 e. The summed E-state index contributed by atoms with van der Waals surface area (Å²) in [6, 6.07) is 3.29. The summed E-state index contributed by atoms with van der Waals surface area (Å²) < 4.78 is 43.4. The molecule has 0 saturated carbocycles. The number of hydrogen-bond donors (Lipinski definition) is 3. The third-order valence-electron chi connectivity index (χ3n) is 2.99. The lowest BCUT2D eigenvalue weighted by atomic mass is 10.2. The van der Waals surface area contributed by atoms with Gasteiger partial charge in [-0.05, 0) is 24.6 Å². The first kappa shape index (κ1) is 19.9. The van der Waals surface area contributed by atoms with Gasteiger partial charge in [-0.15, -0.1) is 22.9 Å². The zero-order valence-corrected chi connectivity index (χ0v) is 16.4. The van der Waals surface area contributed by atoms with Gasteiger partial charge in [0, 0.05) is 10.1 Å². The third-order valence-corrected chi connectivity index (χ3v) is 7.58. The van der Waals surface area contributed by atoms with E-state index in [0.29, 0.717) is 21.4 Å². The monoisotopic (exact) mass is 433 g/mol. The van der Waals surface area contributed by atoms with Gasteiger partial charge < -0.3 is 14.5 Å². The van der Waals surface area contributed by atoms with Crippen LogP contribution in [0.5, 0.6) is 5.75 Å². The highest BCUT2D eigenvalue weighted by Gasteiger charge is 2.26. The maximum Gasteiger partial charge on any atom is 0.340 e. The Bertz CT molecular complexity index is 908. The van der Waals surface area contributed by atoms with Crippen molar-refractivity contribution in [2.24, 2.45) is 0 Å². The van der Waals surface area contributed by atoms with Gasteiger partial charge >= 0.3 is 7.60 Å². The van der Waals surface area contributed by atoms with E-state index in [1.807, 2.05) is 4.72 Å². The van der Waals surface area contributed by atoms with Crippen molar-refractivity contribution in [2.75, 3.05) is 18.8 Å². The summed E-state index contributed by atoms with van der Waals surface area (Å²) in [6.07, 6.45) is -0.971. The number of aryl methyl sites for hydroxylation is 1. The van der Waals surface area contributed by atoms with E-state index in [9.17, 15) is 13.0 Å². The molecule has 7 nitrogen and oxygen atoms in total. The molecule has 0 saturated heterocycles. The Balaban J connectivity index is 2.48. The van der Waals surface area contributed by atoms with Crippen LogP contribution in [0.25, 0.3) is 10.1 Å². The first-order valence-corrected chi connectivity index (χ1v) is 11.5. The second kappa shape index (κ2) is 7.47. The number of thiophene rings is 1. The van der Waals surface area contributed by atoms with Crippen LogP contribution in [0.4, 0.5) is 0 Å². The van der Waals surface area contributed by atoms with Gasteiger partial charge in [0.05, 0.1) is 10.9 Å². The van der Waals surface area contributed by atoms with Gasteiger partial charge in [0.2, 0.25) is 0 Å². The van der Waals surface area contributed by atoms with Crippen LogP contribution in [0.3, 0.4) is 0 Å². The van der Waals surface area contributed by atoms with Gasteiger partial charge in [0.1, 0.15) is 22.9 Å². The van der Waals surface area contributed by atoms with Crippen molar-refractivity contribution in [1.29, 1.82) is 0 Å². The molecular formula is C12H14Cl2NO6PS2. The summed E-state index contributed by atoms with van der Waals surface area (Å²) in [5.74, 6) is 0.668. The van der Waals surface area contributed by atoms with E-state index in [1.54, 1.807) is 19.1 Å². The molecule has 134 valence electrons. The molecule has 0 aliphatic carbocycles. The van der Waals surface area contributed by atoms with Crippen molar-refractivity contribution in [1.82, 2.24) is 4.72 Å². The maximum atomic E-state index is 12.3. The quantitative estimate of drug-likeness (QED) is 0.456. The number of sulfonamides is 1. The number of ether oxygens (including phenoxy) is 1. The van der Waals surface area contributed by atoms with Crippen LogP contribution in [0.1, 0.15) is 5.56 Å². The first-order valence-electron chi connectivity index (χ1n) is 6.51. The van der Waals surface area contributed by atoms with Crippen LogP contribution in [0.2, 0.25) is 5.02 Å². The van der Waals surface area contributed by atoms with Crippen molar-refractivity contribution in [2.45, 2.75) is 11.1 Å². The molecule has 0 bridgehead atoms. The number of benzene rings is 1. The summed E-state index contributed by atoms with van der Waals surface area (Å²) in [7, 11) is -8.58. The SMILES string of the molecule is Cc1c(S(=O)(=O)NCP(=O)(O)O)sc2ccc(OCCCl)c(Cl)c12. The minimum absolute atomic E-state index is 0.0534. The number of hydrogen-bond acceptors (Lipinski definition) is 5. The highest BCUT2D eigenvalue weighted by molar-refractivity contribution is 7.92. The number of rotatable bonds is 7. The van der Waals surface area contributed by atoms with Gasteiger partial charge in [-0.2, -0.15) is 4.72 Å². The molecule has 1 heterocycles. The summed E-state index contributed by atoms with van der Waals surface area (Å²) in [4.78, 5) is 17.7. The van der Waals surface area contributed by atoms with Gasteiger partial charge in [0.15, 0.2) is 0 Å². The summed E-state index contributed by atoms with van der Waals surface area (Å²) in [5, 5.41) is 0.785. The molecule has 12 heteroatoms. The second-order valence-corrected chi connectivity index (χ2v) is 10.2. The van der Waals surface area contributed by atoms with Crippen molar-refractivity contribution in [3.8, 4) is 5.75 Å². The highest BCUT2D eigenvalue weighted by atomic mass is 35.5. The van der Waals surface area contributed by atoms with E-state index in [2.05, 4.69) is 0 Å². The average molecular weight is 434 g/mol. The zero-order valence-electron chi connectivity index (χ0n) is 12.3. The van der Waals surface area contributed by atoms with E-state index in [-0.39, 0.29) is 21.7 Å². The van der Waals surface area contributed by atoms with Crippen LogP contribution < -0.4 is 9.46 Å². The third kappa shape index (κ3) is 4.42. The predicted octanol–water partition coefficient (Wildman–Crippen LogP) is 2.89. The molecule has 3 N–H and O–H groups in total. The largest absolute Gasteiger partial charge is 0.491 e.